The number of aromatic nitrogens is 1. The van der Waals surface area contributed by atoms with E-state index in [0.29, 0.717) is 24.7 Å². The normalized spacial score (nSPS) is 17.5. The molecule has 1 fully saturated rings. The molecule has 1 heterocycles. The fourth-order valence-electron chi connectivity index (χ4n) is 4.35. The summed E-state index contributed by atoms with van der Waals surface area (Å²) in [6.07, 6.45) is 3.25. The molecular weight excluding hydrogens is 478 g/mol. The fraction of sp³-hybridized carbons (Fsp3) is 0.346. The number of rotatable bonds is 7. The molecule has 1 aromatic heterocycles. The van der Waals surface area contributed by atoms with Crippen molar-refractivity contribution in [3.63, 3.8) is 0 Å². The molecule has 0 radical (unpaired) electrons. The lowest BCUT2D eigenvalue weighted by Gasteiger charge is -2.17. The number of nitrogens with one attached hydrogen (secondary N) is 3. The SMILES string of the molecule is CC1CCC(NC(=O)NS(=O)(=O)c2ccc(CCNC(=O)N(C)c3ccc4ccccc4n3)cc2)C1. The molecule has 0 saturated heterocycles. The number of carbonyl (C=O) groups excluding carboxylic acids is 2. The number of amides is 4. The Kier molecular flexibility index (Phi) is 7.73. The summed E-state index contributed by atoms with van der Waals surface area (Å²) in [7, 11) is -2.31. The minimum atomic E-state index is -3.97. The van der Waals surface area contributed by atoms with Crippen LogP contribution in [0.15, 0.2) is 65.6 Å². The molecule has 10 heteroatoms. The highest BCUT2D eigenvalue weighted by atomic mass is 32.2. The van der Waals surface area contributed by atoms with Crippen LogP contribution >= 0.6 is 0 Å². The van der Waals surface area contributed by atoms with Crippen LogP contribution in [0.4, 0.5) is 15.4 Å². The summed E-state index contributed by atoms with van der Waals surface area (Å²) in [6, 6.07) is 16.7. The zero-order chi connectivity index (χ0) is 25.7. The maximum Gasteiger partial charge on any atom is 0.328 e. The Bertz CT molecular complexity index is 1340. The van der Waals surface area contributed by atoms with Crippen molar-refractivity contribution >= 4 is 38.8 Å². The van der Waals surface area contributed by atoms with Crippen LogP contribution in [-0.4, -0.2) is 45.1 Å². The summed E-state index contributed by atoms with van der Waals surface area (Å²) in [4.78, 5) is 30.7. The summed E-state index contributed by atoms with van der Waals surface area (Å²) in [5, 5.41) is 6.59. The van der Waals surface area contributed by atoms with Crippen LogP contribution in [0.3, 0.4) is 0 Å². The third-order valence-electron chi connectivity index (χ3n) is 6.41. The number of hydrogen-bond donors (Lipinski definition) is 3. The van der Waals surface area contributed by atoms with E-state index < -0.39 is 16.1 Å². The summed E-state index contributed by atoms with van der Waals surface area (Å²) in [5.74, 6) is 1.07. The predicted octanol–water partition coefficient (Wildman–Crippen LogP) is 3.80. The number of nitrogens with zero attached hydrogens (tertiary/aromatic N) is 2. The summed E-state index contributed by atoms with van der Waals surface area (Å²) in [5.41, 5.74) is 1.66. The average Bonchev–Trinajstić information content (AvgIpc) is 3.27. The van der Waals surface area contributed by atoms with Gasteiger partial charge in [0, 0.05) is 25.0 Å². The van der Waals surface area contributed by atoms with Gasteiger partial charge in [-0.2, -0.15) is 0 Å². The first kappa shape index (κ1) is 25.4. The van der Waals surface area contributed by atoms with Crippen LogP contribution in [0.25, 0.3) is 10.9 Å². The molecule has 2 unspecified atom stereocenters. The molecule has 4 rings (SSSR count). The van der Waals surface area contributed by atoms with Gasteiger partial charge in [-0.3, -0.25) is 4.90 Å². The second-order valence-corrected chi connectivity index (χ2v) is 10.9. The number of benzene rings is 2. The van der Waals surface area contributed by atoms with Crippen LogP contribution in [-0.2, 0) is 16.4 Å². The summed E-state index contributed by atoms with van der Waals surface area (Å²) in [6.45, 7) is 2.48. The van der Waals surface area contributed by atoms with Crippen molar-refractivity contribution in [2.24, 2.45) is 5.92 Å². The Labute approximate surface area is 211 Å². The smallest absolute Gasteiger partial charge is 0.328 e. The lowest BCUT2D eigenvalue weighted by atomic mass is 10.1. The predicted molar refractivity (Wildman–Crippen MR) is 139 cm³/mol. The van der Waals surface area contributed by atoms with Crippen LogP contribution in [0.1, 0.15) is 31.7 Å². The number of hydrogen-bond acceptors (Lipinski definition) is 5. The first-order valence-electron chi connectivity index (χ1n) is 12.0. The molecule has 0 bridgehead atoms. The van der Waals surface area contributed by atoms with E-state index in [-0.39, 0.29) is 17.0 Å². The quantitative estimate of drug-likeness (QED) is 0.447. The van der Waals surface area contributed by atoms with Gasteiger partial charge in [-0.1, -0.05) is 37.3 Å². The van der Waals surface area contributed by atoms with E-state index in [2.05, 4.69) is 27.3 Å². The number of pyridine rings is 1. The van der Waals surface area contributed by atoms with Crippen LogP contribution in [0.2, 0.25) is 0 Å². The molecular formula is C26H31N5O4S. The Morgan fingerprint density at radius 2 is 1.78 bits per heavy atom. The van der Waals surface area contributed by atoms with E-state index >= 15 is 0 Å². The zero-order valence-electron chi connectivity index (χ0n) is 20.4. The van der Waals surface area contributed by atoms with E-state index in [1.54, 1.807) is 25.2 Å². The lowest BCUT2D eigenvalue weighted by molar-refractivity contribution is 0.242. The Morgan fingerprint density at radius 1 is 1.03 bits per heavy atom. The molecule has 36 heavy (non-hydrogen) atoms. The molecule has 1 aliphatic rings. The molecule has 0 spiro atoms. The number of anilines is 1. The Balaban J connectivity index is 1.26. The van der Waals surface area contributed by atoms with Gasteiger partial charge in [-0.15, -0.1) is 0 Å². The van der Waals surface area contributed by atoms with Crippen LogP contribution in [0, 0.1) is 5.92 Å². The molecule has 3 N–H and O–H groups in total. The van der Waals surface area contributed by atoms with Gasteiger partial charge in [0.05, 0.1) is 10.4 Å². The van der Waals surface area contributed by atoms with Crippen molar-refractivity contribution in [2.45, 2.75) is 43.5 Å². The number of fused-ring (bicyclic) bond motifs is 1. The molecule has 3 aromatic rings. The van der Waals surface area contributed by atoms with Gasteiger partial charge in [0.15, 0.2) is 0 Å². The van der Waals surface area contributed by atoms with Crippen molar-refractivity contribution in [1.29, 1.82) is 0 Å². The van der Waals surface area contributed by atoms with Gasteiger partial charge in [0.25, 0.3) is 10.0 Å². The maximum atomic E-state index is 12.5. The average molecular weight is 510 g/mol. The highest BCUT2D eigenvalue weighted by Gasteiger charge is 2.25. The van der Waals surface area contributed by atoms with Gasteiger partial charge in [0.1, 0.15) is 5.82 Å². The molecule has 4 amide bonds. The number of para-hydroxylation sites is 1. The molecule has 1 saturated carbocycles. The summed E-state index contributed by atoms with van der Waals surface area (Å²) < 4.78 is 27.2. The van der Waals surface area contributed by atoms with Gasteiger partial charge in [0.2, 0.25) is 0 Å². The van der Waals surface area contributed by atoms with E-state index in [9.17, 15) is 18.0 Å². The topological polar surface area (TPSA) is 120 Å². The van der Waals surface area contributed by atoms with Gasteiger partial charge in [-0.25, -0.2) is 27.7 Å². The first-order chi connectivity index (χ1) is 17.2. The third kappa shape index (κ3) is 6.31. The van der Waals surface area contributed by atoms with Crippen molar-refractivity contribution in [3.8, 4) is 0 Å². The van der Waals surface area contributed by atoms with Gasteiger partial charge in [-0.05, 0) is 67.5 Å². The second-order valence-electron chi connectivity index (χ2n) is 9.24. The van der Waals surface area contributed by atoms with Crippen LogP contribution < -0.4 is 20.3 Å². The van der Waals surface area contributed by atoms with E-state index in [1.807, 2.05) is 30.3 Å². The van der Waals surface area contributed by atoms with Crippen LogP contribution in [0.5, 0.6) is 0 Å². The maximum absolute atomic E-state index is 12.5. The minimum absolute atomic E-state index is 0.00356. The van der Waals surface area contributed by atoms with Crippen molar-refractivity contribution in [2.75, 3.05) is 18.5 Å². The minimum Gasteiger partial charge on any atom is -0.337 e. The molecule has 2 atom stereocenters. The number of carbonyl (C=O) groups is 2. The molecule has 2 aromatic carbocycles. The van der Waals surface area contributed by atoms with Crippen molar-refractivity contribution in [3.05, 3.63) is 66.2 Å². The van der Waals surface area contributed by atoms with Crippen molar-refractivity contribution < 1.29 is 18.0 Å². The first-order valence-corrected chi connectivity index (χ1v) is 13.5. The monoisotopic (exact) mass is 509 g/mol. The summed E-state index contributed by atoms with van der Waals surface area (Å²) >= 11 is 0. The van der Waals surface area contributed by atoms with Crippen molar-refractivity contribution in [1.82, 2.24) is 20.3 Å². The highest BCUT2D eigenvalue weighted by Crippen LogP contribution is 2.24. The Morgan fingerprint density at radius 3 is 2.50 bits per heavy atom. The standard InChI is InChI=1S/C26H31N5O4S/c1-18-7-11-21(17-18)28-25(32)30-36(34,35)22-12-8-19(9-13-22)15-16-27-26(33)31(2)24-14-10-20-5-3-4-6-23(20)29-24/h3-6,8-10,12-14,18,21H,7,11,15-17H2,1-2H3,(H,27,33)(H2,28,30,32). The Hall–Kier alpha value is -3.66. The second kappa shape index (κ2) is 10.9. The van der Waals surface area contributed by atoms with E-state index in [1.165, 1.54) is 17.0 Å². The molecule has 9 nitrogen and oxygen atoms in total. The molecule has 0 aliphatic heterocycles. The molecule has 190 valence electrons. The lowest BCUT2D eigenvalue weighted by Crippen LogP contribution is -2.43. The van der Waals surface area contributed by atoms with Gasteiger partial charge >= 0.3 is 12.1 Å². The highest BCUT2D eigenvalue weighted by molar-refractivity contribution is 7.90. The third-order valence-corrected chi connectivity index (χ3v) is 7.76. The van der Waals surface area contributed by atoms with Gasteiger partial charge < -0.3 is 10.6 Å². The zero-order valence-corrected chi connectivity index (χ0v) is 21.2. The van der Waals surface area contributed by atoms with E-state index in [4.69, 9.17) is 0 Å². The largest absolute Gasteiger partial charge is 0.337 e. The number of sulfonamides is 1. The molecule has 1 aliphatic carbocycles. The number of urea groups is 2. The fourth-order valence-corrected chi connectivity index (χ4v) is 5.26. The van der Waals surface area contributed by atoms with E-state index in [0.717, 1.165) is 35.7 Å².